The smallest absolute Gasteiger partial charge is 0.317 e. The molecule has 0 rings (SSSR count). The third-order valence-electron chi connectivity index (χ3n) is 0.230. The molecule has 0 spiro atoms. The number of ketones is 1. The molecule has 0 radical (unpaired) electrons. The Labute approximate surface area is 59.1 Å². The zero-order valence-corrected chi connectivity index (χ0v) is 5.92. The first-order valence-corrected chi connectivity index (χ1v) is 2.56. The van der Waals surface area contributed by atoms with Gasteiger partial charge in [-0.15, -0.1) is 0 Å². The lowest BCUT2D eigenvalue weighted by molar-refractivity contribution is -0.135. The van der Waals surface area contributed by atoms with Gasteiger partial charge in [0.05, 0.1) is 6.07 Å². The number of rotatable bonds is 1. The lowest BCUT2D eigenvalue weighted by Crippen LogP contribution is -1.88. The van der Waals surface area contributed by atoms with Crippen LogP contribution in [0.25, 0.3) is 0 Å². The summed E-state index contributed by atoms with van der Waals surface area (Å²) in [5.74, 6) is -0.905. The van der Waals surface area contributed by atoms with Gasteiger partial charge < -0.3 is 9.90 Å². The number of carboxylic acids is 1. The van der Waals surface area contributed by atoms with Crippen LogP contribution in [0.15, 0.2) is 0 Å². The summed E-state index contributed by atoms with van der Waals surface area (Å²) in [6.45, 7) is 3.06. The minimum absolute atomic E-state index is 0.167. The lowest BCUT2D eigenvalue weighted by atomic mass is 10.5. The van der Waals surface area contributed by atoms with Crippen LogP contribution in [-0.4, -0.2) is 16.9 Å². The molecule has 0 aliphatic heterocycles. The van der Waals surface area contributed by atoms with Crippen LogP contribution < -0.4 is 0 Å². The van der Waals surface area contributed by atoms with E-state index in [1.807, 2.05) is 0 Å². The number of nitrogens with zero attached hydrogens (tertiary/aromatic N) is 1. The van der Waals surface area contributed by atoms with E-state index in [2.05, 4.69) is 0 Å². The quantitative estimate of drug-likeness (QED) is 0.582. The van der Waals surface area contributed by atoms with E-state index in [1.54, 1.807) is 0 Å². The molecule has 0 bridgehead atoms. The summed E-state index contributed by atoms with van der Waals surface area (Å²) < 4.78 is 0. The largest absolute Gasteiger partial charge is 0.480 e. The molecule has 0 unspecified atom stereocenters. The third-order valence-corrected chi connectivity index (χ3v) is 0.230. The number of nitriles is 1. The number of hydrogen-bond donors (Lipinski definition) is 1. The van der Waals surface area contributed by atoms with Crippen LogP contribution in [0.1, 0.15) is 20.3 Å². The van der Waals surface area contributed by atoms with Gasteiger partial charge in [-0.25, -0.2) is 0 Å². The lowest BCUT2D eigenvalue weighted by Gasteiger charge is -1.70. The molecule has 0 atom stereocenters. The standard InChI is InChI=1S/C3H3NO2.C3H6O/c4-2-1-3(5)6;1-3(2)4/h1H2,(H,5,6);1-2H3. The number of hydrogen-bond acceptors (Lipinski definition) is 3. The SMILES string of the molecule is CC(C)=O.N#CCC(=O)O. The van der Waals surface area contributed by atoms with Gasteiger partial charge in [-0.3, -0.25) is 4.79 Å². The number of Topliss-reactive ketones (excluding diaryl/α,β-unsaturated/α-hetero) is 1. The van der Waals surface area contributed by atoms with Crippen molar-refractivity contribution in [1.82, 2.24) is 0 Å². The van der Waals surface area contributed by atoms with Crippen LogP contribution in [0.3, 0.4) is 0 Å². The topological polar surface area (TPSA) is 78.2 Å². The molecule has 4 heteroatoms. The van der Waals surface area contributed by atoms with Crippen LogP contribution in [0, 0.1) is 11.3 Å². The van der Waals surface area contributed by atoms with Gasteiger partial charge in [-0.05, 0) is 13.8 Å². The summed E-state index contributed by atoms with van der Waals surface area (Å²) in [6.07, 6.45) is -0.403. The summed E-state index contributed by atoms with van der Waals surface area (Å²) in [5.41, 5.74) is 0. The number of aliphatic carboxylic acids is 1. The van der Waals surface area contributed by atoms with Crippen LogP contribution in [-0.2, 0) is 9.59 Å². The Bertz CT molecular complexity index is 153. The maximum atomic E-state index is 9.44. The summed E-state index contributed by atoms with van der Waals surface area (Å²) >= 11 is 0. The Morgan fingerprint density at radius 2 is 1.80 bits per heavy atom. The van der Waals surface area contributed by atoms with E-state index in [-0.39, 0.29) is 5.78 Å². The summed E-state index contributed by atoms with van der Waals surface area (Å²) in [6, 6.07) is 1.47. The zero-order chi connectivity index (χ0) is 8.57. The Hall–Kier alpha value is -1.37. The van der Waals surface area contributed by atoms with Gasteiger partial charge in [0.15, 0.2) is 0 Å². The van der Waals surface area contributed by atoms with Crippen molar-refractivity contribution in [2.75, 3.05) is 0 Å². The number of carbonyl (C=O) groups is 2. The van der Waals surface area contributed by atoms with Crippen molar-refractivity contribution in [3.05, 3.63) is 0 Å². The predicted octanol–water partition coefficient (Wildman–Crippen LogP) is 0.580. The molecular weight excluding hydrogens is 134 g/mol. The van der Waals surface area contributed by atoms with E-state index in [9.17, 15) is 9.59 Å². The first-order valence-electron chi connectivity index (χ1n) is 2.56. The average Bonchev–Trinajstić information content (AvgIpc) is 1.62. The fraction of sp³-hybridized carbons (Fsp3) is 0.500. The van der Waals surface area contributed by atoms with Gasteiger partial charge in [-0.1, -0.05) is 0 Å². The highest BCUT2D eigenvalue weighted by Crippen LogP contribution is 1.68. The second kappa shape index (κ2) is 7.63. The summed E-state index contributed by atoms with van der Waals surface area (Å²) in [7, 11) is 0. The molecule has 4 nitrogen and oxygen atoms in total. The molecule has 0 fully saturated rings. The Morgan fingerprint density at radius 3 is 1.80 bits per heavy atom. The van der Waals surface area contributed by atoms with Crippen molar-refractivity contribution in [2.24, 2.45) is 0 Å². The molecule has 0 aromatic carbocycles. The van der Waals surface area contributed by atoms with Crippen molar-refractivity contribution in [2.45, 2.75) is 20.3 Å². The van der Waals surface area contributed by atoms with Gasteiger partial charge >= 0.3 is 5.97 Å². The Balaban J connectivity index is 0. The van der Waals surface area contributed by atoms with E-state index in [4.69, 9.17) is 10.4 Å². The van der Waals surface area contributed by atoms with Crippen LogP contribution in [0.2, 0.25) is 0 Å². The monoisotopic (exact) mass is 143 g/mol. The number of carbonyl (C=O) groups excluding carboxylic acids is 1. The average molecular weight is 143 g/mol. The fourth-order valence-electron chi connectivity index (χ4n) is 0.0676. The Kier molecular flexibility index (Phi) is 8.72. The van der Waals surface area contributed by atoms with Crippen LogP contribution >= 0.6 is 0 Å². The highest BCUT2D eigenvalue weighted by atomic mass is 16.4. The number of carboxylic acid groups (broad SMARTS) is 1. The van der Waals surface area contributed by atoms with Crippen molar-refractivity contribution in [3.63, 3.8) is 0 Å². The third kappa shape index (κ3) is 79.1. The predicted molar refractivity (Wildman–Crippen MR) is 34.2 cm³/mol. The Morgan fingerprint density at radius 1 is 1.50 bits per heavy atom. The highest BCUT2D eigenvalue weighted by molar-refractivity contribution is 5.72. The normalized spacial score (nSPS) is 6.50. The molecule has 0 aromatic heterocycles. The molecule has 0 amide bonds. The fourth-order valence-corrected chi connectivity index (χ4v) is 0.0676. The molecule has 0 saturated heterocycles. The van der Waals surface area contributed by atoms with Crippen molar-refractivity contribution >= 4 is 11.8 Å². The first kappa shape index (κ1) is 11.4. The molecule has 0 saturated carbocycles. The van der Waals surface area contributed by atoms with E-state index in [0.29, 0.717) is 0 Å². The van der Waals surface area contributed by atoms with Gasteiger partial charge in [0.2, 0.25) is 0 Å². The van der Waals surface area contributed by atoms with E-state index >= 15 is 0 Å². The van der Waals surface area contributed by atoms with E-state index < -0.39 is 12.4 Å². The molecule has 10 heavy (non-hydrogen) atoms. The molecule has 0 aliphatic rings. The molecule has 56 valence electrons. The van der Waals surface area contributed by atoms with Gasteiger partial charge in [-0.2, -0.15) is 5.26 Å². The summed E-state index contributed by atoms with van der Waals surface area (Å²) in [5, 5.41) is 15.3. The van der Waals surface area contributed by atoms with Crippen molar-refractivity contribution in [1.29, 1.82) is 5.26 Å². The zero-order valence-electron chi connectivity index (χ0n) is 5.92. The molecule has 0 aromatic rings. The maximum Gasteiger partial charge on any atom is 0.317 e. The molecule has 0 aliphatic carbocycles. The minimum atomic E-state index is -1.07. The van der Waals surface area contributed by atoms with Crippen molar-refractivity contribution in [3.8, 4) is 6.07 Å². The van der Waals surface area contributed by atoms with Gasteiger partial charge in [0.25, 0.3) is 0 Å². The minimum Gasteiger partial charge on any atom is -0.480 e. The highest BCUT2D eigenvalue weighted by Gasteiger charge is 1.87. The van der Waals surface area contributed by atoms with E-state index in [0.717, 1.165) is 0 Å². The van der Waals surface area contributed by atoms with Crippen LogP contribution in [0.5, 0.6) is 0 Å². The van der Waals surface area contributed by atoms with Gasteiger partial charge in [0.1, 0.15) is 12.2 Å². The van der Waals surface area contributed by atoms with E-state index in [1.165, 1.54) is 19.9 Å². The summed E-state index contributed by atoms with van der Waals surface area (Å²) in [4.78, 5) is 18.8. The second-order valence-electron chi connectivity index (χ2n) is 1.64. The second-order valence-corrected chi connectivity index (χ2v) is 1.64. The molecule has 1 N–H and O–H groups in total. The van der Waals surface area contributed by atoms with Crippen LogP contribution in [0.4, 0.5) is 0 Å². The maximum absolute atomic E-state index is 9.44. The molecule has 0 heterocycles. The molecular formula is C6H9NO3. The van der Waals surface area contributed by atoms with Gasteiger partial charge in [0, 0.05) is 0 Å². The van der Waals surface area contributed by atoms with Crippen molar-refractivity contribution < 1.29 is 14.7 Å². The first-order chi connectivity index (χ1) is 4.50.